The molecular weight excluding hydrogens is 555 g/mol. The lowest BCUT2D eigenvalue weighted by molar-refractivity contribution is 0.653. The van der Waals surface area contributed by atoms with Crippen LogP contribution >= 0.6 is 0 Å². The maximum atomic E-state index is 2.60. The lowest BCUT2D eigenvalue weighted by Gasteiger charge is -2.34. The van der Waals surface area contributed by atoms with E-state index in [1.165, 1.54) is 83.0 Å². The summed E-state index contributed by atoms with van der Waals surface area (Å²) < 4.78 is 0. The molecule has 2 aliphatic rings. The first-order chi connectivity index (χ1) is 22.5. The molecule has 1 heterocycles. The first kappa shape index (κ1) is 28.6. The molecular formula is C45H41N. The van der Waals surface area contributed by atoms with Gasteiger partial charge in [-0.15, -0.1) is 0 Å². The predicted molar refractivity (Wildman–Crippen MR) is 199 cm³/mol. The third-order valence-corrected chi connectivity index (χ3v) is 10.5. The fraction of sp³-hybridized carbons (Fsp3) is 0.200. The van der Waals surface area contributed by atoms with E-state index in [1.807, 2.05) is 0 Å². The number of para-hydroxylation sites is 1. The van der Waals surface area contributed by atoms with Crippen LogP contribution in [0.25, 0.3) is 49.4 Å². The van der Waals surface area contributed by atoms with Gasteiger partial charge in [-0.3, -0.25) is 0 Å². The molecule has 0 aromatic heterocycles. The minimum Gasteiger partial charge on any atom is -0.340 e. The van der Waals surface area contributed by atoms with Crippen molar-refractivity contribution in [3.05, 3.63) is 150 Å². The van der Waals surface area contributed by atoms with Crippen molar-refractivity contribution in [2.45, 2.75) is 52.4 Å². The molecule has 46 heavy (non-hydrogen) atoms. The lowest BCUT2D eigenvalue weighted by atomic mass is 9.80. The van der Waals surface area contributed by atoms with Crippen LogP contribution in [0.1, 0.15) is 57.2 Å². The van der Waals surface area contributed by atoms with Crippen LogP contribution in [0.5, 0.6) is 0 Å². The molecule has 0 N–H and O–H groups in total. The lowest BCUT2D eigenvalue weighted by Crippen LogP contribution is -2.25. The Bertz CT molecular complexity index is 2190. The van der Waals surface area contributed by atoms with Crippen LogP contribution in [-0.2, 0) is 11.8 Å². The van der Waals surface area contributed by atoms with Crippen LogP contribution in [0, 0.1) is 0 Å². The molecule has 0 fully saturated rings. The van der Waals surface area contributed by atoms with E-state index in [4.69, 9.17) is 0 Å². The van der Waals surface area contributed by atoms with Crippen molar-refractivity contribution in [2.75, 3.05) is 11.4 Å². The predicted octanol–water partition coefficient (Wildman–Crippen LogP) is 12.4. The topological polar surface area (TPSA) is 3.24 Å². The average molecular weight is 596 g/mol. The summed E-state index contributed by atoms with van der Waals surface area (Å²) in [5, 5.41) is 5.25. The monoisotopic (exact) mass is 595 g/mol. The number of hydrogen-bond donors (Lipinski definition) is 0. The van der Waals surface area contributed by atoms with Gasteiger partial charge in [0.1, 0.15) is 0 Å². The van der Waals surface area contributed by atoms with E-state index in [-0.39, 0.29) is 5.41 Å². The van der Waals surface area contributed by atoms with Gasteiger partial charge in [-0.05, 0) is 105 Å². The summed E-state index contributed by atoms with van der Waals surface area (Å²) in [6, 6.07) is 43.4. The Morgan fingerprint density at radius 2 is 1.41 bits per heavy atom. The first-order valence-corrected chi connectivity index (χ1v) is 16.9. The zero-order valence-electron chi connectivity index (χ0n) is 27.4. The van der Waals surface area contributed by atoms with Crippen molar-refractivity contribution in [1.29, 1.82) is 0 Å². The Morgan fingerprint density at radius 1 is 0.696 bits per heavy atom. The van der Waals surface area contributed by atoms with Crippen LogP contribution in [0.2, 0.25) is 0 Å². The number of fused-ring (bicyclic) bond motifs is 4. The van der Waals surface area contributed by atoms with E-state index >= 15 is 0 Å². The smallest absolute Gasteiger partial charge is 0.0570 e. The Kier molecular flexibility index (Phi) is 6.94. The Labute approximate surface area is 273 Å². The molecule has 6 aromatic carbocycles. The summed E-state index contributed by atoms with van der Waals surface area (Å²) in [5.74, 6) is 0. The number of benzene rings is 6. The van der Waals surface area contributed by atoms with Gasteiger partial charge in [0, 0.05) is 28.4 Å². The zero-order chi connectivity index (χ0) is 31.4. The molecule has 1 aliphatic carbocycles. The van der Waals surface area contributed by atoms with Gasteiger partial charge < -0.3 is 4.90 Å². The third-order valence-electron chi connectivity index (χ3n) is 10.5. The molecule has 1 heteroatoms. The highest BCUT2D eigenvalue weighted by atomic mass is 15.1. The number of allylic oxidation sites excluding steroid dienone is 4. The maximum absolute atomic E-state index is 2.60. The largest absolute Gasteiger partial charge is 0.340 e. The molecule has 0 unspecified atom stereocenters. The average Bonchev–Trinajstić information content (AvgIpc) is 3.31. The second-order valence-electron chi connectivity index (χ2n) is 13.4. The highest BCUT2D eigenvalue weighted by Gasteiger charge is 2.36. The van der Waals surface area contributed by atoms with Crippen LogP contribution in [0.3, 0.4) is 0 Å². The molecule has 0 atom stereocenters. The molecule has 0 saturated heterocycles. The van der Waals surface area contributed by atoms with Gasteiger partial charge >= 0.3 is 0 Å². The van der Waals surface area contributed by atoms with Gasteiger partial charge in [-0.1, -0.05) is 130 Å². The number of nitrogens with zero attached hydrogens (tertiary/aromatic N) is 1. The van der Waals surface area contributed by atoms with Crippen LogP contribution < -0.4 is 4.90 Å². The van der Waals surface area contributed by atoms with E-state index in [1.54, 1.807) is 0 Å². The van der Waals surface area contributed by atoms with Gasteiger partial charge in [0.25, 0.3) is 0 Å². The second kappa shape index (κ2) is 11.2. The number of rotatable bonds is 5. The number of hydrogen-bond acceptors (Lipinski definition) is 1. The summed E-state index contributed by atoms with van der Waals surface area (Å²) >= 11 is 0. The van der Waals surface area contributed by atoms with Crippen LogP contribution in [0.15, 0.2) is 133 Å². The summed E-state index contributed by atoms with van der Waals surface area (Å²) in [7, 11) is 0. The molecule has 8 rings (SSSR count). The van der Waals surface area contributed by atoms with Crippen LogP contribution in [0.4, 0.5) is 11.4 Å². The van der Waals surface area contributed by atoms with E-state index in [9.17, 15) is 0 Å². The SMILES string of the molecule is C/C=C\C1=C(CC)c2cc(-c3c4ccccc4c(N4CCCc5ccccc54)c4ccc(-c5ccccc5)cc34)ccc2C1(C)C. The molecule has 0 amide bonds. The van der Waals surface area contributed by atoms with Crippen LogP contribution in [-0.4, -0.2) is 6.54 Å². The molecule has 6 aromatic rings. The van der Waals surface area contributed by atoms with Crippen molar-refractivity contribution in [1.82, 2.24) is 0 Å². The van der Waals surface area contributed by atoms with Crippen molar-refractivity contribution in [2.24, 2.45) is 0 Å². The van der Waals surface area contributed by atoms with Gasteiger partial charge in [0.15, 0.2) is 0 Å². The quantitative estimate of drug-likeness (QED) is 0.179. The molecule has 0 radical (unpaired) electrons. The van der Waals surface area contributed by atoms with Gasteiger partial charge in [0.2, 0.25) is 0 Å². The summed E-state index contributed by atoms with van der Waals surface area (Å²) in [6.07, 6.45) is 7.83. The Morgan fingerprint density at radius 3 is 2.22 bits per heavy atom. The van der Waals surface area contributed by atoms with E-state index in [0.717, 1.165) is 25.8 Å². The van der Waals surface area contributed by atoms with Crippen molar-refractivity contribution in [3.8, 4) is 22.3 Å². The summed E-state index contributed by atoms with van der Waals surface area (Å²) in [4.78, 5) is 2.60. The second-order valence-corrected chi connectivity index (χ2v) is 13.4. The van der Waals surface area contributed by atoms with Gasteiger partial charge in [-0.2, -0.15) is 0 Å². The molecule has 0 saturated carbocycles. The minimum atomic E-state index is -0.0121. The molecule has 0 spiro atoms. The highest BCUT2D eigenvalue weighted by Crippen LogP contribution is 2.52. The standard InChI is InChI=1S/C45H41N/c1-5-15-40-34(6-2)38-29-33(24-26-41(38)45(40,3)4)43-35-20-11-12-21-36(35)44(46-27-14-19-31-18-10-13-22-42(31)46)37-25-23-32(28-39(37)43)30-16-8-7-9-17-30/h5,7-13,15-18,20-26,28-29H,6,14,19,27H2,1-4H3/b15-5-. The highest BCUT2D eigenvalue weighted by molar-refractivity contribution is 6.22. The van der Waals surface area contributed by atoms with E-state index in [0.29, 0.717) is 0 Å². The van der Waals surface area contributed by atoms with E-state index in [2.05, 4.69) is 160 Å². The van der Waals surface area contributed by atoms with Gasteiger partial charge in [-0.25, -0.2) is 0 Å². The minimum absolute atomic E-state index is 0.0121. The molecule has 1 nitrogen and oxygen atoms in total. The fourth-order valence-corrected chi connectivity index (χ4v) is 8.35. The molecule has 226 valence electrons. The Balaban J connectivity index is 1.46. The third kappa shape index (κ3) is 4.36. The normalized spacial score (nSPS) is 15.6. The van der Waals surface area contributed by atoms with E-state index < -0.39 is 0 Å². The first-order valence-electron chi connectivity index (χ1n) is 16.9. The van der Waals surface area contributed by atoms with Crippen molar-refractivity contribution in [3.63, 3.8) is 0 Å². The fourth-order valence-electron chi connectivity index (χ4n) is 8.35. The number of anilines is 2. The zero-order valence-corrected chi connectivity index (χ0v) is 27.4. The molecule has 0 bridgehead atoms. The number of aryl methyl sites for hydroxylation is 1. The summed E-state index contributed by atoms with van der Waals surface area (Å²) in [5.41, 5.74) is 15.0. The molecule has 1 aliphatic heterocycles. The maximum Gasteiger partial charge on any atom is 0.0570 e. The van der Waals surface area contributed by atoms with Crippen molar-refractivity contribution < 1.29 is 0 Å². The van der Waals surface area contributed by atoms with Gasteiger partial charge in [0.05, 0.1) is 5.69 Å². The Hall–Kier alpha value is -4.88. The van der Waals surface area contributed by atoms with Crippen molar-refractivity contribution >= 4 is 38.5 Å². The summed E-state index contributed by atoms with van der Waals surface area (Å²) in [6.45, 7) is 10.2.